The molecule has 2 bridgehead atoms. The molecule has 1 N–H and O–H groups in total. The quantitative estimate of drug-likeness (QED) is 0.648. The van der Waals surface area contributed by atoms with Crippen molar-refractivity contribution in [3.63, 3.8) is 0 Å². The predicted molar refractivity (Wildman–Crippen MR) is 102 cm³/mol. The van der Waals surface area contributed by atoms with E-state index in [9.17, 15) is 0 Å². The van der Waals surface area contributed by atoms with Crippen molar-refractivity contribution in [2.24, 2.45) is 16.8 Å². The van der Waals surface area contributed by atoms with E-state index < -0.39 is 0 Å². The van der Waals surface area contributed by atoms with Gasteiger partial charge in [0.25, 0.3) is 0 Å². The number of nitrogens with one attached hydrogen (secondary N) is 1. The summed E-state index contributed by atoms with van der Waals surface area (Å²) < 4.78 is 11.6. The molecule has 6 heteroatoms. The Labute approximate surface area is 158 Å². The summed E-state index contributed by atoms with van der Waals surface area (Å²) in [6.07, 6.45) is 6.06. The average Bonchev–Trinajstić information content (AvgIpc) is 3.45. The van der Waals surface area contributed by atoms with E-state index in [1.807, 2.05) is 12.1 Å². The lowest BCUT2D eigenvalue weighted by molar-refractivity contribution is 0.0767. The molecule has 0 saturated carbocycles. The van der Waals surface area contributed by atoms with Gasteiger partial charge in [0, 0.05) is 42.8 Å². The highest BCUT2D eigenvalue weighted by Crippen LogP contribution is 2.47. The van der Waals surface area contributed by atoms with E-state index in [-0.39, 0.29) is 0 Å². The second-order valence-electron chi connectivity index (χ2n) is 7.50. The lowest BCUT2D eigenvalue weighted by Gasteiger charge is -2.23. The van der Waals surface area contributed by atoms with Crippen LogP contribution in [0.1, 0.15) is 23.5 Å². The number of guanidine groups is 1. The summed E-state index contributed by atoms with van der Waals surface area (Å²) in [6, 6.07) is 8.22. The summed E-state index contributed by atoms with van der Waals surface area (Å²) in [5.41, 5.74) is 0. The number of furan rings is 1. The first kappa shape index (κ1) is 16.4. The molecule has 5 rings (SSSR count). The van der Waals surface area contributed by atoms with Gasteiger partial charge in [-0.1, -0.05) is 6.07 Å². The summed E-state index contributed by atoms with van der Waals surface area (Å²) >= 11 is 1.77. The molecule has 0 spiro atoms. The second kappa shape index (κ2) is 7.08. The number of ether oxygens (including phenoxy) is 1. The molecule has 0 aromatic carbocycles. The molecule has 3 saturated heterocycles. The van der Waals surface area contributed by atoms with Gasteiger partial charge in [-0.25, -0.2) is 4.99 Å². The molecular formula is C20H25N3O2S. The molecule has 3 aliphatic rings. The van der Waals surface area contributed by atoms with E-state index in [1.54, 1.807) is 17.6 Å². The van der Waals surface area contributed by atoms with Crippen molar-refractivity contribution < 1.29 is 9.15 Å². The number of hydrogen-bond donors (Lipinski definition) is 1. The maximum Gasteiger partial charge on any atom is 0.194 e. The molecule has 2 aromatic heterocycles. The van der Waals surface area contributed by atoms with Crippen LogP contribution >= 0.6 is 11.3 Å². The van der Waals surface area contributed by atoms with Crippen LogP contribution in [0.25, 0.3) is 0 Å². The van der Waals surface area contributed by atoms with Crippen LogP contribution in [0.4, 0.5) is 0 Å². The van der Waals surface area contributed by atoms with Gasteiger partial charge in [0.05, 0.1) is 25.0 Å². The number of likely N-dealkylation sites (tertiary alicyclic amines) is 1. The smallest absolute Gasteiger partial charge is 0.194 e. The molecule has 3 fully saturated rings. The number of nitrogens with zero attached hydrogens (tertiary/aromatic N) is 2. The Morgan fingerprint density at radius 1 is 1.19 bits per heavy atom. The van der Waals surface area contributed by atoms with Crippen molar-refractivity contribution in [2.45, 2.75) is 38.0 Å². The van der Waals surface area contributed by atoms with Gasteiger partial charge in [-0.3, -0.25) is 0 Å². The Bertz CT molecular complexity index is 725. The molecule has 0 radical (unpaired) electrons. The minimum absolute atomic E-state index is 0.483. The van der Waals surface area contributed by atoms with E-state index in [4.69, 9.17) is 14.1 Å². The molecule has 4 atom stereocenters. The zero-order valence-corrected chi connectivity index (χ0v) is 15.7. The van der Waals surface area contributed by atoms with Gasteiger partial charge in [-0.15, -0.1) is 11.3 Å². The van der Waals surface area contributed by atoms with Crippen molar-refractivity contribution in [3.8, 4) is 0 Å². The SMILES string of the molecule is c1coc(CCNC(=NCc2cccs2)N2CC3C4CCC(O4)C3C2)c1. The lowest BCUT2D eigenvalue weighted by atomic mass is 9.82. The molecule has 0 amide bonds. The van der Waals surface area contributed by atoms with Crippen LogP contribution in [0.15, 0.2) is 45.3 Å². The van der Waals surface area contributed by atoms with Gasteiger partial charge >= 0.3 is 0 Å². The number of thiophene rings is 1. The number of aliphatic imine (C=N–C) groups is 1. The highest BCUT2D eigenvalue weighted by molar-refractivity contribution is 7.09. The summed E-state index contributed by atoms with van der Waals surface area (Å²) in [5, 5.41) is 5.70. The number of rotatable bonds is 5. The van der Waals surface area contributed by atoms with Gasteiger partial charge in [-0.05, 0) is 36.4 Å². The maximum atomic E-state index is 6.12. The molecule has 5 nitrogen and oxygen atoms in total. The van der Waals surface area contributed by atoms with Crippen LogP contribution in [0.5, 0.6) is 0 Å². The molecule has 0 aliphatic carbocycles. The van der Waals surface area contributed by atoms with Crippen molar-refractivity contribution in [2.75, 3.05) is 19.6 Å². The van der Waals surface area contributed by atoms with E-state index in [1.165, 1.54) is 17.7 Å². The fraction of sp³-hybridized carbons (Fsp3) is 0.550. The van der Waals surface area contributed by atoms with E-state index in [0.29, 0.717) is 24.0 Å². The van der Waals surface area contributed by atoms with Crippen LogP contribution in [-0.2, 0) is 17.7 Å². The monoisotopic (exact) mass is 371 g/mol. The molecule has 5 heterocycles. The van der Waals surface area contributed by atoms with Crippen LogP contribution < -0.4 is 5.32 Å². The first-order valence-electron chi connectivity index (χ1n) is 9.60. The minimum atomic E-state index is 0.483. The Morgan fingerprint density at radius 3 is 2.73 bits per heavy atom. The Morgan fingerprint density at radius 2 is 2.04 bits per heavy atom. The molecule has 3 aliphatic heterocycles. The van der Waals surface area contributed by atoms with Crippen molar-refractivity contribution in [1.29, 1.82) is 0 Å². The average molecular weight is 372 g/mol. The number of fused-ring (bicyclic) bond motifs is 5. The largest absolute Gasteiger partial charge is 0.469 e. The molecule has 26 heavy (non-hydrogen) atoms. The van der Waals surface area contributed by atoms with Crippen LogP contribution in [0.3, 0.4) is 0 Å². The summed E-state index contributed by atoms with van der Waals surface area (Å²) in [4.78, 5) is 8.70. The van der Waals surface area contributed by atoms with Crippen molar-refractivity contribution in [1.82, 2.24) is 10.2 Å². The van der Waals surface area contributed by atoms with E-state index in [2.05, 4.69) is 27.7 Å². The summed E-state index contributed by atoms with van der Waals surface area (Å²) in [5.74, 6) is 3.43. The van der Waals surface area contributed by atoms with Gasteiger partial charge in [-0.2, -0.15) is 0 Å². The molecular weight excluding hydrogens is 346 g/mol. The highest BCUT2D eigenvalue weighted by Gasteiger charge is 2.53. The zero-order chi connectivity index (χ0) is 17.3. The third-order valence-corrected chi connectivity index (χ3v) is 6.81. The maximum absolute atomic E-state index is 6.12. The molecule has 4 unspecified atom stereocenters. The van der Waals surface area contributed by atoms with Gasteiger partial charge in [0.2, 0.25) is 0 Å². The third-order valence-electron chi connectivity index (χ3n) is 5.95. The summed E-state index contributed by atoms with van der Waals surface area (Å²) in [7, 11) is 0. The van der Waals surface area contributed by atoms with Crippen LogP contribution in [-0.4, -0.2) is 42.7 Å². The first-order valence-corrected chi connectivity index (χ1v) is 10.5. The topological polar surface area (TPSA) is 50.0 Å². The first-order chi connectivity index (χ1) is 12.9. The van der Waals surface area contributed by atoms with Crippen molar-refractivity contribution >= 4 is 17.3 Å². The lowest BCUT2D eigenvalue weighted by Crippen LogP contribution is -2.42. The number of hydrogen-bond acceptors (Lipinski definition) is 4. The Hall–Kier alpha value is -1.79. The molecule has 138 valence electrons. The van der Waals surface area contributed by atoms with Crippen LogP contribution in [0, 0.1) is 11.8 Å². The second-order valence-corrected chi connectivity index (χ2v) is 8.53. The predicted octanol–water partition coefficient (Wildman–Crippen LogP) is 3.14. The molecule has 2 aromatic rings. The van der Waals surface area contributed by atoms with Gasteiger partial charge in [0.1, 0.15) is 5.76 Å². The highest BCUT2D eigenvalue weighted by atomic mass is 32.1. The fourth-order valence-electron chi connectivity index (χ4n) is 4.71. The van der Waals surface area contributed by atoms with E-state index >= 15 is 0 Å². The van der Waals surface area contributed by atoms with Crippen molar-refractivity contribution in [3.05, 3.63) is 46.5 Å². The summed E-state index contributed by atoms with van der Waals surface area (Å²) in [6.45, 7) is 3.73. The van der Waals surface area contributed by atoms with Gasteiger partial charge in [0.15, 0.2) is 5.96 Å². The Balaban J connectivity index is 1.26. The van der Waals surface area contributed by atoms with Crippen LogP contribution in [0.2, 0.25) is 0 Å². The Kier molecular flexibility index (Phi) is 4.46. The third kappa shape index (κ3) is 3.16. The van der Waals surface area contributed by atoms with E-state index in [0.717, 1.165) is 44.3 Å². The van der Waals surface area contributed by atoms with Gasteiger partial charge < -0.3 is 19.4 Å². The fourth-order valence-corrected chi connectivity index (χ4v) is 5.34. The normalized spacial score (nSPS) is 30.2. The standard InChI is InChI=1S/C20H25N3O2S/c1-3-14(24-9-1)7-8-21-20(22-11-15-4-2-10-26-15)23-12-16-17(13-23)19-6-5-18(16)25-19/h1-4,9-10,16-19H,5-8,11-13H2,(H,21,22). The zero-order valence-electron chi connectivity index (χ0n) is 14.8. The minimum Gasteiger partial charge on any atom is -0.469 e.